The molecule has 2 N–H and O–H groups in total. The summed E-state index contributed by atoms with van der Waals surface area (Å²) in [5.41, 5.74) is -0.620. The Morgan fingerprint density at radius 1 is 1.08 bits per heavy atom. The molecule has 7 heteroatoms. The number of nitrogens with one attached hydrogen (secondary N) is 1. The van der Waals surface area contributed by atoms with E-state index in [0.29, 0.717) is 12.8 Å². The smallest absolute Gasteiger partial charge is 0.231 e. The Hall–Kier alpha value is -2.75. The predicted octanol–water partition coefficient (Wildman–Crippen LogP) is 5.74. The second kappa shape index (κ2) is 8.62. The van der Waals surface area contributed by atoms with Crippen LogP contribution in [0.3, 0.4) is 0 Å². The van der Waals surface area contributed by atoms with Crippen LogP contribution in [0.4, 0.5) is 0 Å². The molecule has 5 aliphatic rings. The number of amidine groups is 1. The van der Waals surface area contributed by atoms with E-state index in [-0.39, 0.29) is 68.8 Å². The van der Waals surface area contributed by atoms with E-state index in [0.717, 1.165) is 37.7 Å². The first-order valence-electron chi connectivity index (χ1n) is 14.5. The van der Waals surface area contributed by atoms with Crippen LogP contribution in [0.15, 0.2) is 28.5 Å². The average molecular weight is 534 g/mol. The summed E-state index contributed by atoms with van der Waals surface area (Å²) in [4.78, 5) is 41.2. The van der Waals surface area contributed by atoms with Gasteiger partial charge in [-0.1, -0.05) is 58.3 Å². The van der Waals surface area contributed by atoms with Crippen molar-refractivity contribution in [1.82, 2.24) is 5.32 Å². The maximum absolute atomic E-state index is 14.4. The minimum atomic E-state index is -0.691. The largest absolute Gasteiger partial charge is 0.409 e. The number of amides is 1. The summed E-state index contributed by atoms with van der Waals surface area (Å²) < 4.78 is 0. The lowest BCUT2D eigenvalue weighted by atomic mass is 9.34. The molecule has 0 aromatic rings. The number of hydrogen-bond acceptors (Lipinski definition) is 6. The monoisotopic (exact) mass is 533 g/mol. The van der Waals surface area contributed by atoms with Gasteiger partial charge in [0.2, 0.25) is 5.91 Å². The number of carbonyl (C=O) groups is 3. The zero-order valence-corrected chi connectivity index (χ0v) is 24.5. The SMILES string of the molecule is C/C(=N\O)NC(=O)[C@]12CCC(C)(C)CC1C1C(=O)C=C3[C@@]4(C)C=C(C#N)C(=O)[C@@H](C)[C@@H]4CC[C@@]3(C)[C@]1(C)CC2. The van der Waals surface area contributed by atoms with Crippen LogP contribution in [0.2, 0.25) is 0 Å². The van der Waals surface area contributed by atoms with Crippen LogP contribution in [-0.2, 0) is 14.4 Å². The fourth-order valence-corrected chi connectivity index (χ4v) is 9.96. The highest BCUT2D eigenvalue weighted by atomic mass is 16.4. The Kier molecular flexibility index (Phi) is 6.15. The summed E-state index contributed by atoms with van der Waals surface area (Å²) in [6.07, 6.45) is 9.26. The molecular weight excluding hydrogens is 490 g/mol. The first kappa shape index (κ1) is 27.8. The number of fused-ring (bicyclic) bond motifs is 7. The molecule has 0 aromatic carbocycles. The Labute approximate surface area is 232 Å². The number of nitriles is 1. The summed E-state index contributed by atoms with van der Waals surface area (Å²) in [6.45, 7) is 14.7. The van der Waals surface area contributed by atoms with Crippen LogP contribution in [0, 0.1) is 62.1 Å². The van der Waals surface area contributed by atoms with Crippen molar-refractivity contribution < 1.29 is 19.6 Å². The van der Waals surface area contributed by atoms with Gasteiger partial charge >= 0.3 is 0 Å². The topological polar surface area (TPSA) is 120 Å². The molecule has 0 saturated heterocycles. The lowest BCUT2D eigenvalue weighted by Gasteiger charge is -2.68. The summed E-state index contributed by atoms with van der Waals surface area (Å²) >= 11 is 0. The zero-order chi connectivity index (χ0) is 28.8. The fourth-order valence-electron chi connectivity index (χ4n) is 9.96. The molecule has 5 rings (SSSR count). The molecule has 39 heavy (non-hydrogen) atoms. The number of rotatable bonds is 1. The number of ketones is 2. The van der Waals surface area contributed by atoms with E-state index >= 15 is 0 Å². The quantitative estimate of drug-likeness (QED) is 0.193. The van der Waals surface area contributed by atoms with Gasteiger partial charge in [-0.3, -0.25) is 14.4 Å². The van der Waals surface area contributed by atoms with E-state index in [2.05, 4.69) is 51.2 Å². The second-order valence-electron chi connectivity index (χ2n) is 14.7. The van der Waals surface area contributed by atoms with Gasteiger partial charge in [-0.2, -0.15) is 5.26 Å². The number of nitrogens with zero attached hydrogens (tertiary/aromatic N) is 2. The van der Waals surface area contributed by atoms with Crippen LogP contribution >= 0.6 is 0 Å². The molecule has 0 bridgehead atoms. The Balaban J connectivity index is 1.66. The third kappa shape index (κ3) is 3.59. The van der Waals surface area contributed by atoms with Crippen molar-refractivity contribution in [2.45, 2.75) is 93.4 Å². The minimum Gasteiger partial charge on any atom is -0.409 e. The minimum absolute atomic E-state index is 0.00518. The van der Waals surface area contributed by atoms with Gasteiger partial charge in [0.05, 0.1) is 11.0 Å². The van der Waals surface area contributed by atoms with E-state index in [1.165, 1.54) is 0 Å². The molecule has 0 heterocycles. The van der Waals surface area contributed by atoms with Crippen molar-refractivity contribution in [1.29, 1.82) is 5.26 Å². The third-order valence-electron chi connectivity index (χ3n) is 12.4. The molecule has 0 aromatic heterocycles. The normalized spacial score (nSPS) is 44.9. The lowest BCUT2D eigenvalue weighted by molar-refractivity contribution is -0.176. The Bertz CT molecular complexity index is 1290. The van der Waals surface area contributed by atoms with Gasteiger partial charge in [0, 0.05) is 17.3 Å². The highest BCUT2D eigenvalue weighted by Crippen LogP contribution is 2.73. The van der Waals surface area contributed by atoms with Crippen molar-refractivity contribution in [2.75, 3.05) is 0 Å². The molecule has 1 amide bonds. The molecule has 3 saturated carbocycles. The highest BCUT2D eigenvalue weighted by molar-refractivity contribution is 6.03. The number of allylic oxidation sites excluding steroid dienone is 4. The van der Waals surface area contributed by atoms with E-state index in [4.69, 9.17) is 0 Å². The lowest BCUT2D eigenvalue weighted by Crippen LogP contribution is -2.66. The van der Waals surface area contributed by atoms with Gasteiger partial charge in [0.1, 0.15) is 11.9 Å². The van der Waals surface area contributed by atoms with Gasteiger partial charge in [-0.15, -0.1) is 0 Å². The number of oxime groups is 1. The summed E-state index contributed by atoms with van der Waals surface area (Å²) in [6, 6.07) is 2.14. The van der Waals surface area contributed by atoms with Gasteiger partial charge in [0.25, 0.3) is 0 Å². The molecule has 0 aliphatic heterocycles. The molecule has 2 unspecified atom stereocenters. The first-order chi connectivity index (χ1) is 18.1. The number of carbonyl (C=O) groups excluding carboxylic acids is 3. The van der Waals surface area contributed by atoms with Crippen molar-refractivity contribution in [3.8, 4) is 6.07 Å². The average Bonchev–Trinajstić information content (AvgIpc) is 2.87. The van der Waals surface area contributed by atoms with Crippen molar-refractivity contribution in [2.24, 2.45) is 55.9 Å². The standard InChI is InChI=1S/C32H43N3O4/c1-18-21-8-9-30(6)24(29(21,5)15-20(17-33)26(18)37)14-23(36)25-22-16-28(3,4)10-12-32(22,13-11-31(25,30)7)27(38)34-19(2)35-39/h14-15,18,21-22,25,39H,8-13,16H2,1-7H3,(H,34,35,38)/t18-,21-,22?,25?,29-,30+,31+,32-/m0/s1. The molecule has 3 fully saturated rings. The second-order valence-corrected chi connectivity index (χ2v) is 14.7. The Morgan fingerprint density at radius 2 is 1.74 bits per heavy atom. The van der Waals surface area contributed by atoms with E-state index in [1.807, 2.05) is 19.1 Å². The molecule has 5 aliphatic carbocycles. The van der Waals surface area contributed by atoms with E-state index in [1.54, 1.807) is 6.92 Å². The molecule has 0 spiro atoms. The molecule has 210 valence electrons. The van der Waals surface area contributed by atoms with Gasteiger partial charge in [0.15, 0.2) is 11.6 Å². The third-order valence-corrected chi connectivity index (χ3v) is 12.4. The molecular formula is C32H43N3O4. The molecule has 0 radical (unpaired) electrons. The predicted molar refractivity (Wildman–Crippen MR) is 147 cm³/mol. The van der Waals surface area contributed by atoms with Gasteiger partial charge in [-0.25, -0.2) is 0 Å². The maximum Gasteiger partial charge on any atom is 0.231 e. The fraction of sp³-hybridized carbons (Fsp3) is 0.719. The van der Waals surface area contributed by atoms with Crippen LogP contribution < -0.4 is 5.32 Å². The van der Waals surface area contributed by atoms with Crippen LogP contribution in [0.1, 0.15) is 93.4 Å². The summed E-state index contributed by atoms with van der Waals surface area (Å²) in [7, 11) is 0. The van der Waals surface area contributed by atoms with Gasteiger partial charge in [-0.05, 0) is 86.0 Å². The Morgan fingerprint density at radius 3 is 2.38 bits per heavy atom. The highest BCUT2D eigenvalue weighted by Gasteiger charge is 2.70. The molecule has 7 nitrogen and oxygen atoms in total. The van der Waals surface area contributed by atoms with E-state index < -0.39 is 10.8 Å². The summed E-state index contributed by atoms with van der Waals surface area (Å²) in [5, 5.41) is 25.1. The molecule has 8 atom stereocenters. The van der Waals surface area contributed by atoms with Crippen molar-refractivity contribution >= 4 is 23.3 Å². The van der Waals surface area contributed by atoms with E-state index in [9.17, 15) is 24.9 Å². The first-order valence-corrected chi connectivity index (χ1v) is 14.5. The van der Waals surface area contributed by atoms with Gasteiger partial charge < -0.3 is 10.5 Å². The van der Waals surface area contributed by atoms with Crippen LogP contribution in [-0.4, -0.2) is 28.5 Å². The number of Topliss-reactive ketones (excluding diaryl/α,β-unsaturated/α-hetero) is 1. The van der Waals surface area contributed by atoms with Crippen molar-refractivity contribution in [3.63, 3.8) is 0 Å². The van der Waals surface area contributed by atoms with Crippen LogP contribution in [0.5, 0.6) is 0 Å². The zero-order valence-electron chi connectivity index (χ0n) is 24.5. The van der Waals surface area contributed by atoms with Crippen molar-refractivity contribution in [3.05, 3.63) is 23.3 Å². The van der Waals surface area contributed by atoms with Crippen LogP contribution in [0.25, 0.3) is 0 Å². The summed E-state index contributed by atoms with van der Waals surface area (Å²) in [5.74, 6) is -0.621. The maximum atomic E-state index is 14.4. The number of hydrogen-bond donors (Lipinski definition) is 2.